The van der Waals surface area contributed by atoms with Crippen LogP contribution < -0.4 is 0 Å². The molecule has 1 fully saturated rings. The minimum absolute atomic E-state index is 0.0644. The van der Waals surface area contributed by atoms with Gasteiger partial charge in [-0.1, -0.05) is 0 Å². The number of aryl methyl sites for hydroxylation is 1. The third-order valence-corrected chi connectivity index (χ3v) is 4.29. The normalized spacial score (nSPS) is 20.8. The lowest BCUT2D eigenvalue weighted by atomic mass is 9.81. The molecule has 2 rings (SSSR count). The van der Waals surface area contributed by atoms with Crippen molar-refractivity contribution in [1.82, 2.24) is 9.97 Å². The maximum atomic E-state index is 12.2. The van der Waals surface area contributed by atoms with Crippen molar-refractivity contribution < 1.29 is 19.1 Å². The Balaban J connectivity index is 2.02. The van der Waals surface area contributed by atoms with Crippen molar-refractivity contribution in [3.8, 4) is 0 Å². The first kappa shape index (κ1) is 19.3. The molecule has 138 valence electrons. The molecule has 1 aliphatic carbocycles. The second kappa shape index (κ2) is 7.93. The van der Waals surface area contributed by atoms with Gasteiger partial charge in [-0.15, -0.1) is 0 Å². The van der Waals surface area contributed by atoms with E-state index in [-0.39, 0.29) is 17.8 Å². The van der Waals surface area contributed by atoms with Gasteiger partial charge in [0.2, 0.25) is 0 Å². The zero-order valence-corrected chi connectivity index (χ0v) is 15.8. The van der Waals surface area contributed by atoms with E-state index in [0.29, 0.717) is 23.7 Å². The number of hydrogen-bond acceptors (Lipinski definition) is 6. The van der Waals surface area contributed by atoms with E-state index in [0.717, 1.165) is 25.7 Å². The highest BCUT2D eigenvalue weighted by molar-refractivity contribution is 5.88. The second-order valence-electron chi connectivity index (χ2n) is 7.56. The van der Waals surface area contributed by atoms with E-state index in [9.17, 15) is 9.59 Å². The molecule has 0 radical (unpaired) electrons. The van der Waals surface area contributed by atoms with Gasteiger partial charge in [0.1, 0.15) is 11.4 Å². The lowest BCUT2D eigenvalue weighted by Gasteiger charge is -2.29. The Morgan fingerprint density at radius 2 is 1.84 bits per heavy atom. The van der Waals surface area contributed by atoms with E-state index >= 15 is 0 Å². The Bertz CT molecular complexity index is 629. The number of carbonyl (C=O) groups excluding carboxylic acids is 2. The highest BCUT2D eigenvalue weighted by Gasteiger charge is 2.31. The van der Waals surface area contributed by atoms with E-state index in [1.165, 1.54) is 0 Å². The third-order valence-electron chi connectivity index (χ3n) is 4.29. The molecule has 0 saturated heterocycles. The van der Waals surface area contributed by atoms with Crippen LogP contribution >= 0.6 is 0 Å². The zero-order chi connectivity index (χ0) is 18.6. The van der Waals surface area contributed by atoms with Crippen LogP contribution in [0.5, 0.6) is 0 Å². The maximum absolute atomic E-state index is 12.2. The van der Waals surface area contributed by atoms with Gasteiger partial charge in [-0.3, -0.25) is 4.79 Å². The molecule has 0 atom stereocenters. The van der Waals surface area contributed by atoms with Crippen molar-refractivity contribution in [1.29, 1.82) is 0 Å². The minimum Gasteiger partial charge on any atom is -0.461 e. The van der Waals surface area contributed by atoms with E-state index in [4.69, 9.17) is 9.47 Å². The van der Waals surface area contributed by atoms with Crippen LogP contribution in [-0.2, 0) is 14.3 Å². The Hall–Kier alpha value is -1.98. The predicted molar refractivity (Wildman–Crippen MR) is 93.3 cm³/mol. The van der Waals surface area contributed by atoms with Crippen molar-refractivity contribution in [3.63, 3.8) is 0 Å². The molecule has 0 bridgehead atoms. The van der Waals surface area contributed by atoms with Gasteiger partial charge < -0.3 is 9.47 Å². The van der Waals surface area contributed by atoms with Gasteiger partial charge in [0, 0.05) is 17.7 Å². The number of aromatic nitrogens is 2. The topological polar surface area (TPSA) is 78.4 Å². The molecule has 1 saturated carbocycles. The van der Waals surface area contributed by atoms with Crippen molar-refractivity contribution >= 4 is 11.9 Å². The summed E-state index contributed by atoms with van der Waals surface area (Å²) in [5, 5.41) is 0. The molecule has 1 aromatic heterocycles. The zero-order valence-electron chi connectivity index (χ0n) is 15.8. The highest BCUT2D eigenvalue weighted by atomic mass is 16.6. The van der Waals surface area contributed by atoms with Crippen LogP contribution in [0.2, 0.25) is 0 Å². The molecule has 0 spiro atoms. The van der Waals surface area contributed by atoms with Crippen LogP contribution in [-0.4, -0.2) is 34.1 Å². The van der Waals surface area contributed by atoms with Crippen LogP contribution in [0.25, 0.3) is 0 Å². The van der Waals surface area contributed by atoms with Crippen LogP contribution in [0.4, 0.5) is 0 Å². The highest BCUT2D eigenvalue weighted by Crippen LogP contribution is 2.35. The summed E-state index contributed by atoms with van der Waals surface area (Å²) in [5.41, 5.74) is 0.591. The summed E-state index contributed by atoms with van der Waals surface area (Å²) in [4.78, 5) is 33.0. The van der Waals surface area contributed by atoms with Crippen LogP contribution in [0.1, 0.15) is 81.2 Å². The first-order chi connectivity index (χ1) is 11.7. The molecule has 0 amide bonds. The maximum Gasteiger partial charge on any atom is 0.357 e. The minimum atomic E-state index is -0.456. The fourth-order valence-electron chi connectivity index (χ4n) is 3.03. The number of carbonyl (C=O) groups is 2. The lowest BCUT2D eigenvalue weighted by Crippen LogP contribution is -2.31. The Kier molecular flexibility index (Phi) is 6.14. The fourth-order valence-corrected chi connectivity index (χ4v) is 3.03. The third kappa shape index (κ3) is 5.25. The van der Waals surface area contributed by atoms with Gasteiger partial charge in [-0.2, -0.15) is 0 Å². The molecule has 6 heteroatoms. The molecule has 0 N–H and O–H groups in total. The van der Waals surface area contributed by atoms with E-state index in [2.05, 4.69) is 9.97 Å². The fraction of sp³-hybridized carbons (Fsp3) is 0.684. The predicted octanol–water partition coefficient (Wildman–Crippen LogP) is 3.58. The SMILES string of the molecule is CCOC(=O)c1nc(C2CCC(C(=O)OC(C)(C)C)CC2)ncc1C. The first-order valence-electron chi connectivity index (χ1n) is 8.94. The van der Waals surface area contributed by atoms with E-state index in [1.54, 1.807) is 20.0 Å². The molecule has 25 heavy (non-hydrogen) atoms. The molecular weight excluding hydrogens is 320 g/mol. The van der Waals surface area contributed by atoms with E-state index in [1.807, 2.05) is 20.8 Å². The number of rotatable bonds is 4. The summed E-state index contributed by atoms with van der Waals surface area (Å²) in [7, 11) is 0. The summed E-state index contributed by atoms with van der Waals surface area (Å²) in [6.45, 7) is 9.54. The van der Waals surface area contributed by atoms with Crippen LogP contribution in [0.3, 0.4) is 0 Å². The largest absolute Gasteiger partial charge is 0.461 e. The number of nitrogens with zero attached hydrogens (tertiary/aromatic N) is 2. The Labute approximate surface area is 149 Å². The van der Waals surface area contributed by atoms with Gasteiger partial charge >= 0.3 is 11.9 Å². The molecular formula is C19H28N2O4. The molecule has 6 nitrogen and oxygen atoms in total. The Morgan fingerprint density at radius 1 is 1.20 bits per heavy atom. The quantitative estimate of drug-likeness (QED) is 0.774. The average molecular weight is 348 g/mol. The summed E-state index contributed by atoms with van der Waals surface area (Å²) < 4.78 is 10.5. The van der Waals surface area contributed by atoms with Crippen LogP contribution in [0.15, 0.2) is 6.20 Å². The molecule has 0 aromatic carbocycles. The van der Waals surface area contributed by atoms with Crippen molar-refractivity contribution in [2.24, 2.45) is 5.92 Å². The van der Waals surface area contributed by atoms with Crippen molar-refractivity contribution in [3.05, 3.63) is 23.3 Å². The molecule has 1 heterocycles. The van der Waals surface area contributed by atoms with Gasteiger partial charge in [-0.25, -0.2) is 14.8 Å². The van der Waals surface area contributed by atoms with Gasteiger partial charge in [0.05, 0.1) is 12.5 Å². The molecule has 0 aliphatic heterocycles. The smallest absolute Gasteiger partial charge is 0.357 e. The summed E-state index contributed by atoms with van der Waals surface area (Å²) >= 11 is 0. The summed E-state index contributed by atoms with van der Waals surface area (Å²) in [5.74, 6) is 0.225. The van der Waals surface area contributed by atoms with Crippen molar-refractivity contribution in [2.45, 2.75) is 71.8 Å². The molecule has 1 aliphatic rings. The standard InChI is InChI=1S/C19H28N2O4/c1-6-24-18(23)15-12(2)11-20-16(21-15)13-7-9-14(10-8-13)17(22)25-19(3,4)5/h11,13-14H,6-10H2,1-5H3. The first-order valence-corrected chi connectivity index (χ1v) is 8.94. The number of hydrogen-bond donors (Lipinski definition) is 0. The van der Waals surface area contributed by atoms with Crippen molar-refractivity contribution in [2.75, 3.05) is 6.61 Å². The summed E-state index contributed by atoms with van der Waals surface area (Å²) in [6, 6.07) is 0. The number of ether oxygens (including phenoxy) is 2. The van der Waals surface area contributed by atoms with Gasteiger partial charge in [0.25, 0.3) is 0 Å². The number of esters is 2. The van der Waals surface area contributed by atoms with Gasteiger partial charge in [0.15, 0.2) is 5.69 Å². The lowest BCUT2D eigenvalue weighted by molar-refractivity contribution is -0.161. The average Bonchev–Trinajstić information content (AvgIpc) is 2.54. The summed E-state index contributed by atoms with van der Waals surface area (Å²) in [6.07, 6.45) is 4.82. The monoisotopic (exact) mass is 348 g/mol. The van der Waals surface area contributed by atoms with Gasteiger partial charge in [-0.05, 0) is 60.3 Å². The van der Waals surface area contributed by atoms with Crippen LogP contribution in [0, 0.1) is 12.8 Å². The Morgan fingerprint density at radius 3 is 2.40 bits per heavy atom. The molecule has 0 unspecified atom stereocenters. The second-order valence-corrected chi connectivity index (χ2v) is 7.56. The van der Waals surface area contributed by atoms with E-state index < -0.39 is 11.6 Å². The molecule has 1 aromatic rings.